The zero-order valence-corrected chi connectivity index (χ0v) is 12.5. The van der Waals surface area contributed by atoms with E-state index in [4.69, 9.17) is 14.6 Å². The summed E-state index contributed by atoms with van der Waals surface area (Å²) in [6.07, 6.45) is 0.552. The number of halogens is 1. The van der Waals surface area contributed by atoms with Crippen molar-refractivity contribution in [1.82, 2.24) is 4.90 Å². The van der Waals surface area contributed by atoms with Crippen LogP contribution in [0.5, 0.6) is 0 Å². The summed E-state index contributed by atoms with van der Waals surface area (Å²) in [5, 5.41) is 8.96. The van der Waals surface area contributed by atoms with Crippen molar-refractivity contribution in [2.75, 3.05) is 33.4 Å². The molecule has 1 N–H and O–H groups in total. The van der Waals surface area contributed by atoms with Crippen LogP contribution in [0.1, 0.15) is 17.9 Å². The van der Waals surface area contributed by atoms with Crippen molar-refractivity contribution in [1.29, 1.82) is 0 Å². The Bertz CT molecular complexity index is 567. The van der Waals surface area contributed by atoms with Crippen LogP contribution in [0.3, 0.4) is 0 Å². The molecule has 1 aromatic rings. The molecule has 1 aromatic carbocycles. The van der Waals surface area contributed by atoms with Gasteiger partial charge in [-0.25, -0.2) is 4.39 Å². The molecule has 3 atom stereocenters. The molecule has 0 saturated carbocycles. The Morgan fingerprint density at radius 2 is 2.41 bits per heavy atom. The summed E-state index contributed by atoms with van der Waals surface area (Å²) in [6, 6.07) is 6.58. The van der Waals surface area contributed by atoms with Crippen LogP contribution < -0.4 is 0 Å². The Morgan fingerprint density at radius 3 is 3.09 bits per heavy atom. The van der Waals surface area contributed by atoms with Crippen LogP contribution in [0.4, 0.5) is 4.39 Å². The molecule has 3 rings (SSSR count). The number of carboxylic acids is 1. The minimum absolute atomic E-state index is 0.0183. The minimum Gasteiger partial charge on any atom is -0.480 e. The van der Waals surface area contributed by atoms with Gasteiger partial charge in [0.15, 0.2) is 0 Å². The lowest BCUT2D eigenvalue weighted by molar-refractivity contribution is -0.138. The first-order valence-corrected chi connectivity index (χ1v) is 7.39. The molecule has 6 heteroatoms. The number of carboxylic acid groups (broad SMARTS) is 1. The quantitative estimate of drug-likeness (QED) is 0.913. The highest BCUT2D eigenvalue weighted by molar-refractivity contribution is 5.69. The van der Waals surface area contributed by atoms with Gasteiger partial charge in [-0.2, -0.15) is 0 Å². The van der Waals surface area contributed by atoms with E-state index in [1.807, 2.05) is 11.0 Å². The molecule has 0 bridgehead atoms. The number of carbonyl (C=O) groups is 1. The van der Waals surface area contributed by atoms with E-state index in [0.29, 0.717) is 26.1 Å². The second kappa shape index (κ2) is 5.95. The van der Waals surface area contributed by atoms with Crippen molar-refractivity contribution >= 4 is 5.97 Å². The van der Waals surface area contributed by atoms with Gasteiger partial charge in [-0.3, -0.25) is 9.69 Å². The van der Waals surface area contributed by atoms with Crippen molar-refractivity contribution in [2.24, 2.45) is 0 Å². The number of nitrogens with zero attached hydrogens (tertiary/aromatic N) is 1. The van der Waals surface area contributed by atoms with Gasteiger partial charge in [0.25, 0.3) is 0 Å². The SMILES string of the molecule is CO[C@@H]1CN(CC(=O)O)C[C@]12C[C@H](c1cccc(F)c1)CO2. The van der Waals surface area contributed by atoms with Crippen LogP contribution in [0.15, 0.2) is 24.3 Å². The number of likely N-dealkylation sites (tertiary alicyclic amines) is 1. The Hall–Kier alpha value is -1.50. The van der Waals surface area contributed by atoms with Gasteiger partial charge < -0.3 is 14.6 Å². The molecule has 0 amide bonds. The molecule has 0 unspecified atom stereocenters. The summed E-state index contributed by atoms with van der Waals surface area (Å²) in [5.41, 5.74) is 0.421. The van der Waals surface area contributed by atoms with E-state index >= 15 is 0 Å². The lowest BCUT2D eigenvalue weighted by Gasteiger charge is -2.28. The number of hydrogen-bond acceptors (Lipinski definition) is 4. The molecule has 1 spiro atoms. The number of benzene rings is 1. The topological polar surface area (TPSA) is 59.0 Å². The van der Waals surface area contributed by atoms with Crippen LogP contribution in [0.25, 0.3) is 0 Å². The normalized spacial score (nSPS) is 31.9. The maximum Gasteiger partial charge on any atom is 0.317 e. The lowest BCUT2D eigenvalue weighted by atomic mass is 9.87. The molecular formula is C16H20FNO4. The van der Waals surface area contributed by atoms with E-state index in [9.17, 15) is 9.18 Å². The second-order valence-corrected chi connectivity index (χ2v) is 6.12. The summed E-state index contributed by atoms with van der Waals surface area (Å²) >= 11 is 0. The predicted molar refractivity (Wildman–Crippen MR) is 77.3 cm³/mol. The largest absolute Gasteiger partial charge is 0.480 e. The fourth-order valence-corrected chi connectivity index (χ4v) is 3.66. The highest BCUT2D eigenvalue weighted by Gasteiger charge is 2.53. The first-order chi connectivity index (χ1) is 10.5. The first kappa shape index (κ1) is 15.4. The fourth-order valence-electron chi connectivity index (χ4n) is 3.66. The molecular weight excluding hydrogens is 289 g/mol. The molecule has 2 heterocycles. The van der Waals surface area contributed by atoms with E-state index in [1.54, 1.807) is 19.2 Å². The second-order valence-electron chi connectivity index (χ2n) is 6.12. The number of methoxy groups -OCH3 is 1. The van der Waals surface area contributed by atoms with Gasteiger partial charge in [-0.1, -0.05) is 12.1 Å². The van der Waals surface area contributed by atoms with Gasteiger partial charge in [-0.15, -0.1) is 0 Å². The summed E-state index contributed by atoms with van der Waals surface area (Å²) < 4.78 is 25.0. The molecule has 0 aliphatic carbocycles. The van der Waals surface area contributed by atoms with Gasteiger partial charge in [0.1, 0.15) is 11.4 Å². The molecule has 22 heavy (non-hydrogen) atoms. The van der Waals surface area contributed by atoms with E-state index in [-0.39, 0.29) is 24.4 Å². The van der Waals surface area contributed by atoms with Crippen LogP contribution in [-0.4, -0.2) is 61.0 Å². The average Bonchev–Trinajstić information content (AvgIpc) is 3.03. The molecule has 2 aliphatic heterocycles. The molecule has 0 aromatic heterocycles. The number of aliphatic carboxylic acids is 1. The third-order valence-electron chi connectivity index (χ3n) is 4.63. The number of hydrogen-bond donors (Lipinski definition) is 1. The zero-order chi connectivity index (χ0) is 15.7. The maximum absolute atomic E-state index is 13.4. The predicted octanol–water partition coefficient (Wildman–Crippen LogP) is 1.48. The van der Waals surface area contributed by atoms with Gasteiger partial charge >= 0.3 is 5.97 Å². The van der Waals surface area contributed by atoms with Crippen molar-refractivity contribution in [3.05, 3.63) is 35.6 Å². The lowest BCUT2D eigenvalue weighted by Crippen LogP contribution is -2.42. The number of rotatable bonds is 4. The summed E-state index contributed by atoms with van der Waals surface area (Å²) in [6.45, 7) is 1.56. The Kier molecular flexibility index (Phi) is 4.16. The van der Waals surface area contributed by atoms with Crippen LogP contribution >= 0.6 is 0 Å². The van der Waals surface area contributed by atoms with E-state index < -0.39 is 11.6 Å². The highest BCUT2D eigenvalue weighted by Crippen LogP contribution is 2.43. The first-order valence-electron chi connectivity index (χ1n) is 7.39. The molecule has 0 radical (unpaired) electrons. The molecule has 2 saturated heterocycles. The standard InChI is InChI=1S/C16H20FNO4/c1-21-14-7-18(8-15(19)20)10-16(14)6-12(9-22-16)11-3-2-4-13(17)5-11/h2-5,12,14H,6-10H2,1H3,(H,19,20)/t12-,14+,16+/m0/s1. The van der Waals surface area contributed by atoms with E-state index in [1.165, 1.54) is 6.07 Å². The van der Waals surface area contributed by atoms with Crippen LogP contribution in [-0.2, 0) is 14.3 Å². The zero-order valence-electron chi connectivity index (χ0n) is 12.5. The van der Waals surface area contributed by atoms with E-state index in [0.717, 1.165) is 5.56 Å². The summed E-state index contributed by atoms with van der Waals surface area (Å²) in [4.78, 5) is 12.7. The molecule has 2 aliphatic rings. The van der Waals surface area contributed by atoms with Gasteiger partial charge in [-0.05, 0) is 24.1 Å². The summed E-state index contributed by atoms with van der Waals surface area (Å²) in [5.74, 6) is -0.995. The average molecular weight is 309 g/mol. The van der Waals surface area contributed by atoms with Crippen molar-refractivity contribution in [2.45, 2.75) is 24.0 Å². The van der Waals surface area contributed by atoms with Crippen molar-refractivity contribution in [3.63, 3.8) is 0 Å². The third kappa shape index (κ3) is 2.86. The smallest absolute Gasteiger partial charge is 0.317 e. The molecule has 120 valence electrons. The Balaban J connectivity index is 1.75. The third-order valence-corrected chi connectivity index (χ3v) is 4.63. The van der Waals surface area contributed by atoms with Crippen LogP contribution in [0, 0.1) is 5.82 Å². The van der Waals surface area contributed by atoms with Crippen LogP contribution in [0.2, 0.25) is 0 Å². The van der Waals surface area contributed by atoms with Crippen molar-refractivity contribution in [3.8, 4) is 0 Å². The molecule has 5 nitrogen and oxygen atoms in total. The fraction of sp³-hybridized carbons (Fsp3) is 0.562. The minimum atomic E-state index is -0.855. The van der Waals surface area contributed by atoms with E-state index in [2.05, 4.69) is 0 Å². The number of ether oxygens (including phenoxy) is 2. The highest BCUT2D eigenvalue weighted by atomic mass is 19.1. The Morgan fingerprint density at radius 1 is 1.59 bits per heavy atom. The van der Waals surface area contributed by atoms with Gasteiger partial charge in [0.2, 0.25) is 0 Å². The summed E-state index contributed by atoms with van der Waals surface area (Å²) in [7, 11) is 1.62. The monoisotopic (exact) mass is 309 g/mol. The van der Waals surface area contributed by atoms with Gasteiger partial charge in [0.05, 0.1) is 19.3 Å². The van der Waals surface area contributed by atoms with Crippen molar-refractivity contribution < 1.29 is 23.8 Å². The Labute approximate surface area is 128 Å². The van der Waals surface area contributed by atoms with Gasteiger partial charge in [0, 0.05) is 26.1 Å². The maximum atomic E-state index is 13.4. The molecule has 2 fully saturated rings.